The van der Waals surface area contributed by atoms with Crippen molar-refractivity contribution in [3.8, 4) is 5.69 Å². The van der Waals surface area contributed by atoms with Gasteiger partial charge >= 0.3 is 5.97 Å². The maximum atomic E-state index is 13.6. The Bertz CT molecular complexity index is 1290. The monoisotopic (exact) mass is 421 g/mol. The molecule has 6 nitrogen and oxygen atoms in total. The zero-order valence-corrected chi connectivity index (χ0v) is 17.7. The normalized spacial score (nSPS) is 11.9. The van der Waals surface area contributed by atoms with Crippen molar-refractivity contribution in [1.29, 1.82) is 0 Å². The SMILES string of the molecule is C=C(CCC(=O)OC)c1c(C(C)(C)O)n(-c2ccc(F)cc2)c2cc3cn[nH]c3cc12. The van der Waals surface area contributed by atoms with Crippen LogP contribution in [0.3, 0.4) is 0 Å². The average Bonchev–Trinajstić information content (AvgIpc) is 3.32. The fourth-order valence-corrected chi connectivity index (χ4v) is 4.00. The van der Waals surface area contributed by atoms with E-state index in [4.69, 9.17) is 4.74 Å². The molecule has 0 aliphatic heterocycles. The summed E-state index contributed by atoms with van der Waals surface area (Å²) in [6.45, 7) is 7.63. The van der Waals surface area contributed by atoms with Crippen LogP contribution < -0.4 is 0 Å². The molecule has 0 fully saturated rings. The van der Waals surface area contributed by atoms with Gasteiger partial charge in [0.2, 0.25) is 0 Å². The van der Waals surface area contributed by atoms with Gasteiger partial charge in [0.05, 0.1) is 35.6 Å². The molecule has 0 amide bonds. The van der Waals surface area contributed by atoms with Crippen molar-refractivity contribution < 1.29 is 19.0 Å². The topological polar surface area (TPSA) is 80.1 Å². The molecule has 31 heavy (non-hydrogen) atoms. The number of hydrogen-bond donors (Lipinski definition) is 2. The summed E-state index contributed by atoms with van der Waals surface area (Å²) in [4.78, 5) is 11.7. The highest BCUT2D eigenvalue weighted by Crippen LogP contribution is 2.41. The number of hydrogen-bond acceptors (Lipinski definition) is 4. The Morgan fingerprint density at radius 1 is 1.26 bits per heavy atom. The first kappa shape index (κ1) is 20.8. The lowest BCUT2D eigenvalue weighted by molar-refractivity contribution is -0.140. The van der Waals surface area contributed by atoms with E-state index < -0.39 is 5.60 Å². The molecule has 4 rings (SSSR count). The highest BCUT2D eigenvalue weighted by atomic mass is 19.1. The molecule has 0 spiro atoms. The predicted octanol–water partition coefficient (Wildman–Crippen LogP) is 4.84. The molecule has 2 aromatic carbocycles. The van der Waals surface area contributed by atoms with Crippen molar-refractivity contribution in [1.82, 2.24) is 14.8 Å². The Morgan fingerprint density at radius 2 is 1.97 bits per heavy atom. The Kier molecular flexibility index (Phi) is 5.15. The molecular weight excluding hydrogens is 397 g/mol. The van der Waals surface area contributed by atoms with Gasteiger partial charge in [0.1, 0.15) is 5.82 Å². The van der Waals surface area contributed by atoms with Gasteiger partial charge in [0.25, 0.3) is 0 Å². The Balaban J connectivity index is 2.05. The third-order valence-corrected chi connectivity index (χ3v) is 5.40. The van der Waals surface area contributed by atoms with Gasteiger partial charge in [-0.25, -0.2) is 4.39 Å². The Hall–Kier alpha value is -3.45. The maximum absolute atomic E-state index is 13.6. The number of aromatic nitrogens is 3. The van der Waals surface area contributed by atoms with Crippen molar-refractivity contribution in [2.45, 2.75) is 32.3 Å². The van der Waals surface area contributed by atoms with Gasteiger partial charge in [-0.3, -0.25) is 9.89 Å². The van der Waals surface area contributed by atoms with Gasteiger partial charge in [0, 0.05) is 28.4 Å². The van der Waals surface area contributed by atoms with E-state index in [1.54, 1.807) is 32.2 Å². The number of fused-ring (bicyclic) bond motifs is 2. The number of halogens is 1. The van der Waals surface area contributed by atoms with E-state index >= 15 is 0 Å². The summed E-state index contributed by atoms with van der Waals surface area (Å²) in [5.41, 5.74) is 3.20. The molecule has 0 aliphatic rings. The summed E-state index contributed by atoms with van der Waals surface area (Å²) in [6.07, 6.45) is 2.28. The first-order valence-electron chi connectivity index (χ1n) is 9.96. The molecule has 160 valence electrons. The number of nitrogens with zero attached hydrogens (tertiary/aromatic N) is 2. The number of allylic oxidation sites excluding steroid dienone is 1. The van der Waals surface area contributed by atoms with Crippen molar-refractivity contribution in [2.75, 3.05) is 7.11 Å². The van der Waals surface area contributed by atoms with E-state index in [-0.39, 0.29) is 18.2 Å². The molecule has 4 aromatic rings. The van der Waals surface area contributed by atoms with Gasteiger partial charge in [-0.05, 0) is 62.2 Å². The van der Waals surface area contributed by atoms with Crippen LogP contribution in [0.5, 0.6) is 0 Å². The largest absolute Gasteiger partial charge is 0.469 e. The van der Waals surface area contributed by atoms with E-state index in [1.165, 1.54) is 19.2 Å². The summed E-state index contributed by atoms with van der Waals surface area (Å²) in [5, 5.41) is 20.0. The fourth-order valence-electron chi connectivity index (χ4n) is 4.00. The van der Waals surface area contributed by atoms with Crippen molar-refractivity contribution in [2.24, 2.45) is 0 Å². The molecule has 0 atom stereocenters. The van der Waals surface area contributed by atoms with E-state index in [9.17, 15) is 14.3 Å². The molecular formula is C24H24FN3O3. The minimum absolute atomic E-state index is 0.177. The standard InChI is InChI=1S/C24H24FN3O3/c1-14(5-10-21(29)31-4)22-18-12-19-15(13-26-27-19)11-20(18)28(23(22)24(2,3)30)17-8-6-16(25)7-9-17/h6-9,11-13,30H,1,5,10H2,2-4H3,(H,26,27). The highest BCUT2D eigenvalue weighted by Gasteiger charge is 2.30. The van der Waals surface area contributed by atoms with Crippen LogP contribution in [0.1, 0.15) is 37.9 Å². The first-order chi connectivity index (χ1) is 14.7. The second-order valence-electron chi connectivity index (χ2n) is 8.10. The van der Waals surface area contributed by atoms with Crippen LogP contribution >= 0.6 is 0 Å². The number of esters is 1. The van der Waals surface area contributed by atoms with Gasteiger partial charge in [0.15, 0.2) is 0 Å². The predicted molar refractivity (Wildman–Crippen MR) is 118 cm³/mol. The fraction of sp³-hybridized carbons (Fsp3) is 0.250. The third kappa shape index (κ3) is 3.72. The van der Waals surface area contributed by atoms with Crippen LogP contribution in [0.25, 0.3) is 33.1 Å². The van der Waals surface area contributed by atoms with E-state index in [0.717, 1.165) is 27.4 Å². The highest BCUT2D eigenvalue weighted by molar-refractivity contribution is 6.03. The van der Waals surface area contributed by atoms with Crippen LogP contribution in [0.4, 0.5) is 4.39 Å². The summed E-state index contributed by atoms with van der Waals surface area (Å²) >= 11 is 0. The minimum atomic E-state index is -1.25. The first-order valence-corrected chi connectivity index (χ1v) is 9.96. The van der Waals surface area contributed by atoms with E-state index in [2.05, 4.69) is 16.8 Å². The Morgan fingerprint density at radius 3 is 2.61 bits per heavy atom. The molecule has 0 radical (unpaired) electrons. The number of aromatic amines is 1. The van der Waals surface area contributed by atoms with Gasteiger partial charge in [-0.2, -0.15) is 5.10 Å². The van der Waals surface area contributed by atoms with Gasteiger partial charge < -0.3 is 14.4 Å². The van der Waals surface area contributed by atoms with E-state index in [1.807, 2.05) is 16.7 Å². The lowest BCUT2D eigenvalue weighted by atomic mass is 9.92. The maximum Gasteiger partial charge on any atom is 0.305 e. The number of ether oxygens (including phenoxy) is 1. The summed E-state index contributed by atoms with van der Waals surface area (Å²) in [5.74, 6) is -0.672. The van der Waals surface area contributed by atoms with Crippen LogP contribution in [0.15, 0.2) is 49.2 Å². The van der Waals surface area contributed by atoms with Crippen molar-refractivity contribution in [3.63, 3.8) is 0 Å². The van der Waals surface area contributed by atoms with Crippen LogP contribution in [0, 0.1) is 5.82 Å². The quantitative estimate of drug-likeness (QED) is 0.437. The molecule has 0 saturated heterocycles. The Labute approximate surface area is 178 Å². The molecule has 0 aliphatic carbocycles. The number of rotatable bonds is 6. The van der Waals surface area contributed by atoms with Crippen LogP contribution in [-0.2, 0) is 15.1 Å². The second kappa shape index (κ2) is 7.67. The molecule has 2 heterocycles. The molecule has 0 bridgehead atoms. The smallest absolute Gasteiger partial charge is 0.305 e. The zero-order valence-electron chi connectivity index (χ0n) is 17.7. The van der Waals surface area contributed by atoms with Crippen LogP contribution in [0.2, 0.25) is 0 Å². The number of H-pyrrole nitrogens is 1. The lowest BCUT2D eigenvalue weighted by Crippen LogP contribution is -2.22. The number of aliphatic hydroxyl groups is 1. The summed E-state index contributed by atoms with van der Waals surface area (Å²) in [6, 6.07) is 10.1. The molecule has 0 unspecified atom stereocenters. The lowest BCUT2D eigenvalue weighted by Gasteiger charge is -2.24. The number of carbonyl (C=O) groups excluding carboxylic acids is 1. The molecule has 2 aromatic heterocycles. The minimum Gasteiger partial charge on any atom is -0.469 e. The van der Waals surface area contributed by atoms with Crippen LogP contribution in [-0.4, -0.2) is 33.0 Å². The van der Waals surface area contributed by atoms with Crippen molar-refractivity contribution in [3.05, 3.63) is 66.2 Å². The second-order valence-corrected chi connectivity index (χ2v) is 8.10. The molecule has 0 saturated carbocycles. The molecule has 7 heteroatoms. The third-order valence-electron chi connectivity index (χ3n) is 5.40. The zero-order chi connectivity index (χ0) is 22.3. The number of nitrogens with one attached hydrogen (secondary N) is 1. The summed E-state index contributed by atoms with van der Waals surface area (Å²) < 4.78 is 20.3. The average molecular weight is 421 g/mol. The number of methoxy groups -OCH3 is 1. The van der Waals surface area contributed by atoms with E-state index in [0.29, 0.717) is 23.4 Å². The summed E-state index contributed by atoms with van der Waals surface area (Å²) in [7, 11) is 1.35. The number of benzene rings is 2. The van der Waals surface area contributed by atoms with Crippen molar-refractivity contribution >= 4 is 33.3 Å². The van der Waals surface area contributed by atoms with Gasteiger partial charge in [-0.15, -0.1) is 0 Å². The molecule has 2 N–H and O–H groups in total. The van der Waals surface area contributed by atoms with Gasteiger partial charge in [-0.1, -0.05) is 6.58 Å². The number of carbonyl (C=O) groups is 1.